The molecule has 33 heavy (non-hydrogen) atoms. The molecule has 2 heterocycles. The van der Waals surface area contributed by atoms with E-state index in [1.165, 1.54) is 41.7 Å². The van der Waals surface area contributed by atoms with Crippen LogP contribution in [0.25, 0.3) is 5.69 Å². The van der Waals surface area contributed by atoms with Gasteiger partial charge < -0.3 is 14.8 Å². The van der Waals surface area contributed by atoms with Gasteiger partial charge in [0.15, 0.2) is 11.5 Å². The van der Waals surface area contributed by atoms with Crippen molar-refractivity contribution in [3.05, 3.63) is 48.8 Å². The van der Waals surface area contributed by atoms with E-state index in [0.29, 0.717) is 35.7 Å². The molecule has 4 rings (SSSR count). The Morgan fingerprint density at radius 1 is 1.06 bits per heavy atom. The summed E-state index contributed by atoms with van der Waals surface area (Å²) in [5.74, 6) is 0.360. The molecule has 1 aliphatic heterocycles. The number of piperidine rings is 1. The summed E-state index contributed by atoms with van der Waals surface area (Å²) in [7, 11) is -0.769. The minimum atomic E-state index is -3.71. The standard InChI is InChI=1S/C21H24N6O5S/c1-31-19-7-6-18(13-20(19)32-2)33(29,30)26-10-8-15(9-11-26)21(28)23-16-4-3-5-17(12-16)27-14-22-24-25-27/h3-7,12-15H,8-11H2,1-2H3,(H,23,28). The highest BCUT2D eigenvalue weighted by atomic mass is 32.2. The first kappa shape index (κ1) is 22.7. The van der Waals surface area contributed by atoms with Gasteiger partial charge in [-0.25, -0.2) is 13.1 Å². The van der Waals surface area contributed by atoms with Crippen LogP contribution in [0.4, 0.5) is 5.69 Å². The fourth-order valence-corrected chi connectivity index (χ4v) is 5.22. The fraction of sp³-hybridized carbons (Fsp3) is 0.333. The zero-order valence-electron chi connectivity index (χ0n) is 18.2. The molecule has 1 N–H and O–H groups in total. The van der Waals surface area contributed by atoms with Gasteiger partial charge in [0, 0.05) is 30.8 Å². The van der Waals surface area contributed by atoms with Crippen LogP contribution in [-0.4, -0.2) is 66.1 Å². The van der Waals surface area contributed by atoms with Gasteiger partial charge in [0.1, 0.15) is 6.33 Å². The number of rotatable bonds is 7. The van der Waals surface area contributed by atoms with Gasteiger partial charge in [-0.1, -0.05) is 6.07 Å². The maximum Gasteiger partial charge on any atom is 0.243 e. The van der Waals surface area contributed by atoms with Crippen molar-refractivity contribution in [1.29, 1.82) is 0 Å². The Bertz CT molecular complexity index is 1220. The average Bonchev–Trinajstić information content (AvgIpc) is 3.39. The molecule has 0 unspecified atom stereocenters. The molecular weight excluding hydrogens is 448 g/mol. The molecule has 1 aromatic heterocycles. The third kappa shape index (κ3) is 4.81. The highest BCUT2D eigenvalue weighted by Gasteiger charge is 2.32. The van der Waals surface area contributed by atoms with E-state index in [1.807, 2.05) is 6.07 Å². The monoisotopic (exact) mass is 472 g/mol. The zero-order chi connectivity index (χ0) is 23.4. The summed E-state index contributed by atoms with van der Waals surface area (Å²) in [5.41, 5.74) is 1.34. The molecule has 174 valence electrons. The van der Waals surface area contributed by atoms with E-state index in [9.17, 15) is 13.2 Å². The molecule has 12 heteroatoms. The summed E-state index contributed by atoms with van der Waals surface area (Å²) in [6, 6.07) is 11.7. The molecule has 0 aliphatic carbocycles. The van der Waals surface area contributed by atoms with E-state index in [1.54, 1.807) is 24.3 Å². The normalized spacial score (nSPS) is 15.2. The largest absolute Gasteiger partial charge is 0.493 e. The van der Waals surface area contributed by atoms with Crippen LogP contribution >= 0.6 is 0 Å². The van der Waals surface area contributed by atoms with Crippen molar-refractivity contribution in [3.63, 3.8) is 0 Å². The summed E-state index contributed by atoms with van der Waals surface area (Å²) in [6.45, 7) is 0.499. The number of sulfonamides is 1. The molecule has 0 radical (unpaired) electrons. The average molecular weight is 473 g/mol. The number of ether oxygens (including phenoxy) is 2. The molecule has 0 bridgehead atoms. The van der Waals surface area contributed by atoms with Gasteiger partial charge in [-0.05, 0) is 53.6 Å². The third-order valence-electron chi connectivity index (χ3n) is 5.54. The van der Waals surface area contributed by atoms with E-state index in [0.717, 1.165) is 0 Å². The smallest absolute Gasteiger partial charge is 0.243 e. The van der Waals surface area contributed by atoms with Crippen molar-refractivity contribution >= 4 is 21.6 Å². The summed E-state index contributed by atoms with van der Waals surface area (Å²) in [6.07, 6.45) is 2.31. The van der Waals surface area contributed by atoms with E-state index in [4.69, 9.17) is 9.47 Å². The lowest BCUT2D eigenvalue weighted by Crippen LogP contribution is -2.41. The van der Waals surface area contributed by atoms with Crippen molar-refractivity contribution in [3.8, 4) is 17.2 Å². The van der Waals surface area contributed by atoms with Crippen LogP contribution in [0.15, 0.2) is 53.7 Å². The number of carbonyl (C=O) groups is 1. The number of tetrazole rings is 1. The summed E-state index contributed by atoms with van der Waals surface area (Å²) in [5, 5.41) is 14.0. The first-order valence-electron chi connectivity index (χ1n) is 10.3. The minimum Gasteiger partial charge on any atom is -0.493 e. The number of benzene rings is 2. The summed E-state index contributed by atoms with van der Waals surface area (Å²) >= 11 is 0. The van der Waals surface area contributed by atoms with E-state index < -0.39 is 10.0 Å². The molecule has 3 aromatic rings. The van der Waals surface area contributed by atoms with Gasteiger partial charge in [-0.2, -0.15) is 4.31 Å². The Hall–Kier alpha value is -3.51. The van der Waals surface area contributed by atoms with Gasteiger partial charge in [-0.15, -0.1) is 5.10 Å². The number of nitrogens with zero attached hydrogens (tertiary/aromatic N) is 5. The van der Waals surface area contributed by atoms with E-state index in [2.05, 4.69) is 20.8 Å². The number of aromatic nitrogens is 4. The van der Waals surface area contributed by atoms with Crippen LogP contribution < -0.4 is 14.8 Å². The first-order valence-corrected chi connectivity index (χ1v) is 11.7. The molecule has 0 spiro atoms. The van der Waals surface area contributed by atoms with Crippen molar-refractivity contribution in [1.82, 2.24) is 24.5 Å². The Labute approximate surface area is 191 Å². The molecular formula is C21H24N6O5S. The Morgan fingerprint density at radius 3 is 2.48 bits per heavy atom. The Kier molecular flexibility index (Phi) is 6.56. The number of nitrogens with one attached hydrogen (secondary N) is 1. The number of carbonyl (C=O) groups excluding carboxylic acids is 1. The van der Waals surface area contributed by atoms with Crippen molar-refractivity contribution in [2.75, 3.05) is 32.6 Å². The summed E-state index contributed by atoms with van der Waals surface area (Å²) < 4.78 is 39.5. The van der Waals surface area contributed by atoms with Gasteiger partial charge in [0.05, 0.1) is 24.8 Å². The Morgan fingerprint density at radius 2 is 1.82 bits per heavy atom. The second-order valence-corrected chi connectivity index (χ2v) is 9.43. The highest BCUT2D eigenvalue weighted by molar-refractivity contribution is 7.89. The Balaban J connectivity index is 1.39. The van der Waals surface area contributed by atoms with E-state index in [-0.39, 0.29) is 29.8 Å². The molecule has 2 aromatic carbocycles. The van der Waals surface area contributed by atoms with Crippen LogP contribution in [0.1, 0.15) is 12.8 Å². The minimum absolute atomic E-state index is 0.127. The van der Waals surface area contributed by atoms with Gasteiger partial charge in [-0.3, -0.25) is 4.79 Å². The number of anilines is 1. The second kappa shape index (κ2) is 9.55. The highest BCUT2D eigenvalue weighted by Crippen LogP contribution is 2.32. The fourth-order valence-electron chi connectivity index (χ4n) is 3.73. The van der Waals surface area contributed by atoms with Crippen molar-refractivity contribution in [2.24, 2.45) is 5.92 Å². The quantitative estimate of drug-likeness (QED) is 0.550. The second-order valence-electron chi connectivity index (χ2n) is 7.49. The lowest BCUT2D eigenvalue weighted by molar-refractivity contribution is -0.120. The topological polar surface area (TPSA) is 129 Å². The maximum atomic E-state index is 13.1. The van der Waals surface area contributed by atoms with Gasteiger partial charge in [0.2, 0.25) is 15.9 Å². The van der Waals surface area contributed by atoms with Gasteiger partial charge in [0.25, 0.3) is 0 Å². The molecule has 1 aliphatic rings. The number of amides is 1. The summed E-state index contributed by atoms with van der Waals surface area (Å²) in [4.78, 5) is 12.9. The lowest BCUT2D eigenvalue weighted by atomic mass is 9.97. The van der Waals surface area contributed by atoms with E-state index >= 15 is 0 Å². The number of hydrogen-bond donors (Lipinski definition) is 1. The van der Waals surface area contributed by atoms with Crippen LogP contribution in [0.3, 0.4) is 0 Å². The predicted octanol–water partition coefficient (Wildman–Crippen LogP) is 1.72. The molecule has 0 saturated carbocycles. The molecule has 1 amide bonds. The van der Waals surface area contributed by atoms with Crippen LogP contribution in [0.2, 0.25) is 0 Å². The van der Waals surface area contributed by atoms with Crippen LogP contribution in [0.5, 0.6) is 11.5 Å². The zero-order valence-corrected chi connectivity index (χ0v) is 19.0. The lowest BCUT2D eigenvalue weighted by Gasteiger charge is -2.30. The third-order valence-corrected chi connectivity index (χ3v) is 7.44. The van der Waals surface area contributed by atoms with Crippen molar-refractivity contribution in [2.45, 2.75) is 17.7 Å². The number of methoxy groups -OCH3 is 2. The molecule has 1 fully saturated rings. The molecule has 0 atom stereocenters. The first-order chi connectivity index (χ1) is 15.9. The van der Waals surface area contributed by atoms with Crippen LogP contribution in [-0.2, 0) is 14.8 Å². The SMILES string of the molecule is COc1ccc(S(=O)(=O)N2CCC(C(=O)Nc3cccc(-n4cnnn4)c3)CC2)cc1OC. The predicted molar refractivity (Wildman–Crippen MR) is 119 cm³/mol. The van der Waals surface area contributed by atoms with Crippen LogP contribution in [0, 0.1) is 5.92 Å². The molecule has 1 saturated heterocycles. The van der Waals surface area contributed by atoms with Crippen molar-refractivity contribution < 1.29 is 22.7 Å². The van der Waals surface area contributed by atoms with Gasteiger partial charge >= 0.3 is 0 Å². The molecule has 11 nitrogen and oxygen atoms in total. The number of hydrogen-bond acceptors (Lipinski definition) is 8. The maximum absolute atomic E-state index is 13.1.